The zero-order valence-electron chi connectivity index (χ0n) is 12.7. The number of rotatable bonds is 6. The van der Waals surface area contributed by atoms with E-state index in [0.717, 1.165) is 23.8 Å². The fourth-order valence-corrected chi connectivity index (χ4v) is 2.23. The minimum Gasteiger partial charge on any atom is -0.377 e. The first-order valence-electron chi connectivity index (χ1n) is 6.71. The average Bonchev–Trinajstić information content (AvgIpc) is 2.84. The van der Waals surface area contributed by atoms with E-state index in [-0.39, 0.29) is 17.4 Å². The molecule has 1 atom stereocenters. The number of nitrogens with zero attached hydrogens (tertiary/aromatic N) is 4. The molecule has 0 aliphatic rings. The summed E-state index contributed by atoms with van der Waals surface area (Å²) in [7, 11) is 5.62. The molecule has 0 spiro atoms. The standard InChI is InChI=1S/C14H18FN5O2/c1-18(2)14(10-7-17-19(3)9-10)8-16-12-6-11(15)4-5-13(12)20(21)22/h4-7,9,14,16H,8H2,1-3H3/t14-/m0/s1. The molecular formula is C14H18FN5O2. The van der Waals surface area contributed by atoms with Crippen molar-refractivity contribution in [3.8, 4) is 0 Å². The summed E-state index contributed by atoms with van der Waals surface area (Å²) in [6.45, 7) is 0.392. The van der Waals surface area contributed by atoms with Crippen LogP contribution < -0.4 is 5.32 Å². The third-order valence-electron chi connectivity index (χ3n) is 3.37. The molecule has 2 aromatic rings. The normalized spacial score (nSPS) is 12.4. The number of likely N-dealkylation sites (N-methyl/N-ethyl adjacent to an activating group) is 1. The maximum atomic E-state index is 13.3. The Bertz CT molecular complexity index is 671. The van der Waals surface area contributed by atoms with Crippen molar-refractivity contribution in [2.45, 2.75) is 6.04 Å². The monoisotopic (exact) mass is 307 g/mol. The van der Waals surface area contributed by atoms with Gasteiger partial charge in [-0.3, -0.25) is 14.8 Å². The zero-order chi connectivity index (χ0) is 16.3. The van der Waals surface area contributed by atoms with Crippen molar-refractivity contribution >= 4 is 11.4 Å². The molecule has 1 N–H and O–H groups in total. The second kappa shape index (κ2) is 6.52. The summed E-state index contributed by atoms with van der Waals surface area (Å²) in [6.07, 6.45) is 3.62. The van der Waals surface area contributed by atoms with Gasteiger partial charge in [0.25, 0.3) is 5.69 Å². The van der Waals surface area contributed by atoms with Crippen molar-refractivity contribution in [1.29, 1.82) is 0 Å². The van der Waals surface area contributed by atoms with Crippen LogP contribution in [-0.2, 0) is 7.05 Å². The van der Waals surface area contributed by atoms with E-state index in [0.29, 0.717) is 6.54 Å². The number of nitro groups is 1. The minimum atomic E-state index is -0.531. The highest BCUT2D eigenvalue weighted by molar-refractivity contribution is 5.61. The molecule has 118 valence electrons. The Labute approximate surface area is 127 Å². The molecule has 0 unspecified atom stereocenters. The van der Waals surface area contributed by atoms with E-state index in [1.807, 2.05) is 32.2 Å². The summed E-state index contributed by atoms with van der Waals surface area (Å²) in [6, 6.07) is 3.32. The molecule has 2 rings (SSSR count). The molecule has 0 saturated heterocycles. The number of benzene rings is 1. The van der Waals surface area contributed by atoms with Crippen LogP contribution >= 0.6 is 0 Å². The summed E-state index contributed by atoms with van der Waals surface area (Å²) in [5.41, 5.74) is 0.991. The van der Waals surface area contributed by atoms with Crippen LogP contribution in [0.3, 0.4) is 0 Å². The Balaban J connectivity index is 2.20. The van der Waals surface area contributed by atoms with Crippen LogP contribution in [0.25, 0.3) is 0 Å². The maximum absolute atomic E-state index is 13.3. The lowest BCUT2D eigenvalue weighted by molar-refractivity contribution is -0.384. The topological polar surface area (TPSA) is 76.2 Å². The highest BCUT2D eigenvalue weighted by Crippen LogP contribution is 2.26. The van der Waals surface area contributed by atoms with Crippen molar-refractivity contribution in [3.63, 3.8) is 0 Å². The lowest BCUT2D eigenvalue weighted by Gasteiger charge is -2.24. The van der Waals surface area contributed by atoms with Crippen LogP contribution in [0.15, 0.2) is 30.6 Å². The van der Waals surface area contributed by atoms with Crippen LogP contribution in [0.1, 0.15) is 11.6 Å². The molecule has 1 aromatic heterocycles. The lowest BCUT2D eigenvalue weighted by atomic mass is 10.1. The molecular weight excluding hydrogens is 289 g/mol. The third kappa shape index (κ3) is 3.59. The molecule has 0 aliphatic carbocycles. The number of hydrogen-bond acceptors (Lipinski definition) is 5. The second-order valence-corrected chi connectivity index (χ2v) is 5.23. The number of nitrogens with one attached hydrogen (secondary N) is 1. The Morgan fingerprint density at radius 2 is 2.23 bits per heavy atom. The highest BCUT2D eigenvalue weighted by atomic mass is 19.1. The van der Waals surface area contributed by atoms with Gasteiger partial charge in [0, 0.05) is 37.5 Å². The summed E-state index contributed by atoms with van der Waals surface area (Å²) in [5, 5.41) is 18.1. The molecule has 0 amide bonds. The number of aryl methyl sites for hydroxylation is 1. The summed E-state index contributed by atoms with van der Waals surface area (Å²) in [5.74, 6) is -0.518. The van der Waals surface area contributed by atoms with Gasteiger partial charge >= 0.3 is 0 Å². The van der Waals surface area contributed by atoms with Gasteiger partial charge in [-0.25, -0.2) is 4.39 Å². The lowest BCUT2D eigenvalue weighted by Crippen LogP contribution is -2.26. The van der Waals surface area contributed by atoms with Crippen molar-refractivity contribution < 1.29 is 9.31 Å². The smallest absolute Gasteiger partial charge is 0.292 e. The van der Waals surface area contributed by atoms with E-state index >= 15 is 0 Å². The predicted molar refractivity (Wildman–Crippen MR) is 81.2 cm³/mol. The predicted octanol–water partition coefficient (Wildman–Crippen LogP) is 2.18. The Morgan fingerprint density at radius 3 is 2.77 bits per heavy atom. The van der Waals surface area contributed by atoms with Crippen molar-refractivity contribution in [2.75, 3.05) is 26.0 Å². The number of nitro benzene ring substituents is 1. The van der Waals surface area contributed by atoms with E-state index in [4.69, 9.17) is 0 Å². The summed E-state index contributed by atoms with van der Waals surface area (Å²) >= 11 is 0. The van der Waals surface area contributed by atoms with E-state index < -0.39 is 10.7 Å². The van der Waals surface area contributed by atoms with Gasteiger partial charge in [0.2, 0.25) is 0 Å². The van der Waals surface area contributed by atoms with Gasteiger partial charge in [0.15, 0.2) is 0 Å². The Hall–Kier alpha value is -2.48. The van der Waals surface area contributed by atoms with Crippen LogP contribution in [0.4, 0.5) is 15.8 Å². The van der Waals surface area contributed by atoms with Crippen LogP contribution in [0, 0.1) is 15.9 Å². The third-order valence-corrected chi connectivity index (χ3v) is 3.37. The van der Waals surface area contributed by atoms with Crippen molar-refractivity contribution in [1.82, 2.24) is 14.7 Å². The van der Waals surface area contributed by atoms with E-state index in [1.165, 1.54) is 0 Å². The van der Waals surface area contributed by atoms with Crippen LogP contribution in [0.5, 0.6) is 0 Å². The van der Waals surface area contributed by atoms with Gasteiger partial charge in [0.1, 0.15) is 11.5 Å². The molecule has 0 aliphatic heterocycles. The van der Waals surface area contributed by atoms with Gasteiger partial charge in [0.05, 0.1) is 17.2 Å². The number of anilines is 1. The molecule has 0 radical (unpaired) electrons. The fourth-order valence-electron chi connectivity index (χ4n) is 2.23. The molecule has 1 aromatic carbocycles. The first-order valence-corrected chi connectivity index (χ1v) is 6.71. The second-order valence-electron chi connectivity index (χ2n) is 5.23. The van der Waals surface area contributed by atoms with Crippen molar-refractivity contribution in [2.24, 2.45) is 7.05 Å². The van der Waals surface area contributed by atoms with Crippen LogP contribution in [-0.4, -0.2) is 40.2 Å². The number of hydrogen-bond donors (Lipinski definition) is 1. The summed E-state index contributed by atoms with van der Waals surface area (Å²) in [4.78, 5) is 12.4. The molecule has 7 nitrogen and oxygen atoms in total. The molecule has 0 saturated carbocycles. The van der Waals surface area contributed by atoms with Gasteiger partial charge in [-0.2, -0.15) is 5.10 Å². The number of aromatic nitrogens is 2. The van der Waals surface area contributed by atoms with Gasteiger partial charge < -0.3 is 10.2 Å². The molecule has 1 heterocycles. The quantitative estimate of drug-likeness (QED) is 0.654. The van der Waals surface area contributed by atoms with E-state index in [9.17, 15) is 14.5 Å². The molecule has 22 heavy (non-hydrogen) atoms. The molecule has 0 fully saturated rings. The Morgan fingerprint density at radius 1 is 1.50 bits per heavy atom. The maximum Gasteiger partial charge on any atom is 0.292 e. The van der Waals surface area contributed by atoms with Gasteiger partial charge in [-0.05, 0) is 20.2 Å². The molecule has 0 bridgehead atoms. The molecule has 8 heteroatoms. The minimum absolute atomic E-state index is 0.0448. The van der Waals surface area contributed by atoms with Gasteiger partial charge in [-0.1, -0.05) is 0 Å². The SMILES string of the molecule is CN(C)[C@@H](CNc1cc(F)ccc1[N+](=O)[O-])c1cnn(C)c1. The largest absolute Gasteiger partial charge is 0.377 e. The van der Waals surface area contributed by atoms with Crippen molar-refractivity contribution in [3.05, 3.63) is 52.1 Å². The van der Waals surface area contributed by atoms with E-state index in [1.54, 1.807) is 10.9 Å². The highest BCUT2D eigenvalue weighted by Gasteiger charge is 2.19. The summed E-state index contributed by atoms with van der Waals surface area (Å²) < 4.78 is 15.0. The Kier molecular flexibility index (Phi) is 4.71. The first kappa shape index (κ1) is 15.9. The van der Waals surface area contributed by atoms with Crippen LogP contribution in [0.2, 0.25) is 0 Å². The average molecular weight is 307 g/mol. The zero-order valence-corrected chi connectivity index (χ0v) is 12.7. The van der Waals surface area contributed by atoms with Gasteiger partial charge in [-0.15, -0.1) is 0 Å². The first-order chi connectivity index (χ1) is 10.4. The van der Waals surface area contributed by atoms with E-state index in [2.05, 4.69) is 10.4 Å². The number of halogens is 1. The fraction of sp³-hybridized carbons (Fsp3) is 0.357.